The van der Waals surface area contributed by atoms with Crippen LogP contribution in [0.2, 0.25) is 0 Å². The first-order chi connectivity index (χ1) is 8.49. The van der Waals surface area contributed by atoms with E-state index in [2.05, 4.69) is 19.2 Å². The standard InChI is InChI=1S/C15H20FNO/c1-9(2)10(3)17-15(18)14-8-13(14)11-4-6-12(16)7-5-11/h4-7,9-10,13-14H,8H2,1-3H3,(H,17,18). The predicted octanol–water partition coefficient (Wildman–Crippen LogP) is 3.09. The lowest BCUT2D eigenvalue weighted by Crippen LogP contribution is -2.37. The fourth-order valence-corrected chi connectivity index (χ4v) is 2.06. The molecule has 0 aliphatic heterocycles. The molecule has 98 valence electrons. The summed E-state index contributed by atoms with van der Waals surface area (Å²) in [5.74, 6) is 0.679. The van der Waals surface area contributed by atoms with Gasteiger partial charge in [0.25, 0.3) is 0 Å². The van der Waals surface area contributed by atoms with Crippen LogP contribution in [0.5, 0.6) is 0 Å². The van der Waals surface area contributed by atoms with Crippen molar-refractivity contribution >= 4 is 5.91 Å². The van der Waals surface area contributed by atoms with E-state index in [1.807, 2.05) is 6.92 Å². The molecule has 1 N–H and O–H groups in total. The largest absolute Gasteiger partial charge is 0.353 e. The first-order valence-electron chi connectivity index (χ1n) is 6.55. The Hall–Kier alpha value is -1.38. The van der Waals surface area contributed by atoms with Crippen molar-refractivity contribution in [3.8, 4) is 0 Å². The van der Waals surface area contributed by atoms with Gasteiger partial charge in [-0.1, -0.05) is 26.0 Å². The molecule has 1 aromatic rings. The third-order valence-electron chi connectivity index (χ3n) is 3.80. The molecular formula is C15H20FNO. The van der Waals surface area contributed by atoms with E-state index in [0.29, 0.717) is 5.92 Å². The van der Waals surface area contributed by atoms with Crippen LogP contribution in [-0.2, 0) is 4.79 Å². The first-order valence-corrected chi connectivity index (χ1v) is 6.55. The van der Waals surface area contributed by atoms with Crippen molar-refractivity contribution in [1.29, 1.82) is 0 Å². The summed E-state index contributed by atoms with van der Waals surface area (Å²) in [6.07, 6.45) is 0.877. The van der Waals surface area contributed by atoms with Gasteiger partial charge in [-0.2, -0.15) is 0 Å². The van der Waals surface area contributed by atoms with E-state index in [-0.39, 0.29) is 29.6 Å². The van der Waals surface area contributed by atoms with Crippen LogP contribution in [0.3, 0.4) is 0 Å². The molecule has 18 heavy (non-hydrogen) atoms. The molecule has 0 heterocycles. The Balaban J connectivity index is 1.91. The molecule has 1 aliphatic carbocycles. The Bertz CT molecular complexity index is 427. The zero-order chi connectivity index (χ0) is 13.3. The molecule has 3 atom stereocenters. The van der Waals surface area contributed by atoms with Gasteiger partial charge in [-0.05, 0) is 42.9 Å². The van der Waals surface area contributed by atoms with E-state index in [0.717, 1.165) is 12.0 Å². The zero-order valence-corrected chi connectivity index (χ0v) is 11.1. The van der Waals surface area contributed by atoms with Crippen molar-refractivity contribution in [2.24, 2.45) is 11.8 Å². The van der Waals surface area contributed by atoms with Gasteiger partial charge in [0.15, 0.2) is 0 Å². The van der Waals surface area contributed by atoms with Gasteiger partial charge in [0.05, 0.1) is 0 Å². The molecule has 0 bridgehead atoms. The summed E-state index contributed by atoms with van der Waals surface area (Å²) in [4.78, 5) is 12.0. The van der Waals surface area contributed by atoms with Crippen molar-refractivity contribution in [3.05, 3.63) is 35.6 Å². The summed E-state index contributed by atoms with van der Waals surface area (Å²) in [5.41, 5.74) is 1.06. The van der Waals surface area contributed by atoms with E-state index in [1.54, 1.807) is 12.1 Å². The fourth-order valence-electron chi connectivity index (χ4n) is 2.06. The number of hydrogen-bond donors (Lipinski definition) is 1. The number of benzene rings is 1. The predicted molar refractivity (Wildman–Crippen MR) is 69.7 cm³/mol. The van der Waals surface area contributed by atoms with Crippen molar-refractivity contribution in [2.45, 2.75) is 39.2 Å². The second-order valence-electron chi connectivity index (χ2n) is 5.54. The number of nitrogens with one attached hydrogen (secondary N) is 1. The Morgan fingerprint density at radius 1 is 1.28 bits per heavy atom. The third kappa shape index (κ3) is 2.89. The summed E-state index contributed by atoms with van der Waals surface area (Å²) in [6, 6.07) is 6.67. The van der Waals surface area contributed by atoms with Crippen molar-refractivity contribution in [1.82, 2.24) is 5.32 Å². The molecule has 0 saturated heterocycles. The average Bonchev–Trinajstić information content (AvgIpc) is 3.09. The van der Waals surface area contributed by atoms with Crippen molar-refractivity contribution in [3.63, 3.8) is 0 Å². The van der Waals surface area contributed by atoms with Gasteiger partial charge in [0.2, 0.25) is 5.91 Å². The highest BCUT2D eigenvalue weighted by atomic mass is 19.1. The fraction of sp³-hybridized carbons (Fsp3) is 0.533. The quantitative estimate of drug-likeness (QED) is 0.873. The zero-order valence-electron chi connectivity index (χ0n) is 11.1. The molecule has 0 aromatic heterocycles. The van der Waals surface area contributed by atoms with E-state index < -0.39 is 0 Å². The molecule has 3 heteroatoms. The second-order valence-corrected chi connectivity index (χ2v) is 5.54. The van der Waals surface area contributed by atoms with E-state index >= 15 is 0 Å². The van der Waals surface area contributed by atoms with Gasteiger partial charge in [0, 0.05) is 12.0 Å². The lowest BCUT2D eigenvalue weighted by molar-refractivity contribution is -0.123. The summed E-state index contributed by atoms with van der Waals surface area (Å²) in [5, 5.41) is 3.04. The van der Waals surface area contributed by atoms with Crippen LogP contribution >= 0.6 is 0 Å². The SMILES string of the molecule is CC(C)C(C)NC(=O)C1CC1c1ccc(F)cc1. The monoisotopic (exact) mass is 249 g/mol. The highest BCUT2D eigenvalue weighted by molar-refractivity contribution is 5.83. The molecule has 3 unspecified atom stereocenters. The van der Waals surface area contributed by atoms with Crippen LogP contribution in [0, 0.1) is 17.7 Å². The first kappa shape index (κ1) is 13.1. The Labute approximate surface area is 108 Å². The number of carbonyl (C=O) groups is 1. The maximum Gasteiger partial charge on any atom is 0.223 e. The molecule has 1 saturated carbocycles. The second kappa shape index (κ2) is 5.09. The topological polar surface area (TPSA) is 29.1 Å². The Kier molecular flexibility index (Phi) is 3.69. The van der Waals surface area contributed by atoms with Crippen LogP contribution in [0.4, 0.5) is 4.39 Å². The molecule has 1 amide bonds. The summed E-state index contributed by atoms with van der Waals surface area (Å²) in [6.45, 7) is 6.21. The normalized spacial score (nSPS) is 23.8. The van der Waals surface area contributed by atoms with Gasteiger partial charge < -0.3 is 5.32 Å². The van der Waals surface area contributed by atoms with Gasteiger partial charge in [0.1, 0.15) is 5.82 Å². The number of hydrogen-bond acceptors (Lipinski definition) is 1. The van der Waals surface area contributed by atoms with Gasteiger partial charge in [-0.15, -0.1) is 0 Å². The Morgan fingerprint density at radius 3 is 2.44 bits per heavy atom. The van der Waals surface area contributed by atoms with Gasteiger partial charge in [-0.3, -0.25) is 4.79 Å². The minimum Gasteiger partial charge on any atom is -0.353 e. The molecule has 2 rings (SSSR count). The summed E-state index contributed by atoms with van der Waals surface area (Å²) in [7, 11) is 0. The number of carbonyl (C=O) groups excluding carboxylic acids is 1. The van der Waals surface area contributed by atoms with Crippen LogP contribution < -0.4 is 5.32 Å². The van der Waals surface area contributed by atoms with Crippen LogP contribution in [0.15, 0.2) is 24.3 Å². The van der Waals surface area contributed by atoms with Crippen molar-refractivity contribution in [2.75, 3.05) is 0 Å². The lowest BCUT2D eigenvalue weighted by atomic mass is 10.1. The van der Waals surface area contributed by atoms with E-state index in [9.17, 15) is 9.18 Å². The Morgan fingerprint density at radius 2 is 1.89 bits per heavy atom. The molecule has 2 nitrogen and oxygen atoms in total. The molecular weight excluding hydrogens is 229 g/mol. The van der Waals surface area contributed by atoms with Crippen LogP contribution in [0.1, 0.15) is 38.7 Å². The minimum absolute atomic E-state index is 0.0664. The number of halogens is 1. The molecule has 0 spiro atoms. The van der Waals surface area contributed by atoms with E-state index in [4.69, 9.17) is 0 Å². The molecule has 1 aromatic carbocycles. The van der Waals surface area contributed by atoms with Crippen molar-refractivity contribution < 1.29 is 9.18 Å². The number of amides is 1. The van der Waals surface area contributed by atoms with Crippen LogP contribution in [-0.4, -0.2) is 11.9 Å². The van der Waals surface area contributed by atoms with Gasteiger partial charge in [-0.25, -0.2) is 4.39 Å². The third-order valence-corrected chi connectivity index (χ3v) is 3.80. The molecule has 1 aliphatic rings. The summed E-state index contributed by atoms with van der Waals surface area (Å²) >= 11 is 0. The van der Waals surface area contributed by atoms with Crippen LogP contribution in [0.25, 0.3) is 0 Å². The maximum atomic E-state index is 12.8. The minimum atomic E-state index is -0.228. The maximum absolute atomic E-state index is 12.8. The van der Waals surface area contributed by atoms with E-state index in [1.165, 1.54) is 12.1 Å². The van der Waals surface area contributed by atoms with Gasteiger partial charge >= 0.3 is 0 Å². The highest BCUT2D eigenvalue weighted by Gasteiger charge is 2.44. The summed E-state index contributed by atoms with van der Waals surface area (Å²) < 4.78 is 12.8. The highest BCUT2D eigenvalue weighted by Crippen LogP contribution is 2.47. The lowest BCUT2D eigenvalue weighted by Gasteiger charge is -2.17. The smallest absolute Gasteiger partial charge is 0.223 e. The number of rotatable bonds is 4. The molecule has 1 fully saturated rings. The average molecular weight is 249 g/mol. The molecule has 0 radical (unpaired) electrons.